The zero-order valence-corrected chi connectivity index (χ0v) is 14.3. The minimum Gasteiger partial charge on any atom is -0.342 e. The molecule has 2 heterocycles. The van der Waals surface area contributed by atoms with E-state index in [9.17, 15) is 13.2 Å². The third-order valence-corrected chi connectivity index (χ3v) is 6.72. The predicted molar refractivity (Wildman–Crippen MR) is 88.5 cm³/mol. The second-order valence-electron chi connectivity index (χ2n) is 6.35. The van der Waals surface area contributed by atoms with Gasteiger partial charge in [-0.2, -0.15) is 9.57 Å². The summed E-state index contributed by atoms with van der Waals surface area (Å²) in [6, 6.07) is 8.04. The van der Waals surface area contributed by atoms with Crippen molar-refractivity contribution < 1.29 is 13.2 Å². The van der Waals surface area contributed by atoms with Gasteiger partial charge in [-0.1, -0.05) is 6.07 Å². The number of piperidine rings is 1. The van der Waals surface area contributed by atoms with Crippen LogP contribution in [0.25, 0.3) is 0 Å². The predicted octanol–water partition coefficient (Wildman–Crippen LogP) is 1.58. The Morgan fingerprint density at radius 3 is 2.42 bits per heavy atom. The van der Waals surface area contributed by atoms with Gasteiger partial charge in [0.15, 0.2) is 0 Å². The molecule has 2 saturated heterocycles. The Morgan fingerprint density at radius 2 is 1.79 bits per heavy atom. The molecule has 0 bridgehead atoms. The highest BCUT2D eigenvalue weighted by Gasteiger charge is 2.34. The first-order chi connectivity index (χ1) is 11.5. The molecule has 0 aromatic heterocycles. The largest absolute Gasteiger partial charge is 0.342 e. The van der Waals surface area contributed by atoms with Crippen molar-refractivity contribution in [3.63, 3.8) is 0 Å². The van der Waals surface area contributed by atoms with Crippen LogP contribution in [0.3, 0.4) is 0 Å². The SMILES string of the molecule is N#Cc1cccc(S(=O)(=O)N2CCC(C(=O)N3CCCC3)CC2)c1. The van der Waals surface area contributed by atoms with E-state index >= 15 is 0 Å². The van der Waals surface area contributed by atoms with Gasteiger partial charge in [-0.05, 0) is 43.9 Å². The van der Waals surface area contributed by atoms with E-state index in [2.05, 4.69) is 0 Å². The fraction of sp³-hybridized carbons (Fsp3) is 0.529. The maximum atomic E-state index is 12.7. The van der Waals surface area contributed by atoms with Gasteiger partial charge < -0.3 is 4.90 Å². The van der Waals surface area contributed by atoms with Gasteiger partial charge >= 0.3 is 0 Å². The molecule has 0 spiro atoms. The Labute approximate surface area is 142 Å². The number of likely N-dealkylation sites (tertiary alicyclic amines) is 1. The zero-order chi connectivity index (χ0) is 17.2. The van der Waals surface area contributed by atoms with Crippen molar-refractivity contribution in [2.24, 2.45) is 5.92 Å². The summed E-state index contributed by atoms with van der Waals surface area (Å²) in [4.78, 5) is 14.5. The number of rotatable bonds is 3. The van der Waals surface area contributed by atoms with Gasteiger partial charge in [-0.25, -0.2) is 8.42 Å². The number of carbonyl (C=O) groups is 1. The smallest absolute Gasteiger partial charge is 0.243 e. The van der Waals surface area contributed by atoms with Gasteiger partial charge in [-0.15, -0.1) is 0 Å². The van der Waals surface area contributed by atoms with Gasteiger partial charge in [0.1, 0.15) is 0 Å². The summed E-state index contributed by atoms with van der Waals surface area (Å²) in [5.41, 5.74) is 0.329. The monoisotopic (exact) mass is 347 g/mol. The minimum absolute atomic E-state index is 0.0695. The number of nitrogens with zero attached hydrogens (tertiary/aromatic N) is 3. The van der Waals surface area contributed by atoms with E-state index in [0.29, 0.717) is 31.5 Å². The zero-order valence-electron chi connectivity index (χ0n) is 13.5. The van der Waals surface area contributed by atoms with Crippen molar-refractivity contribution in [2.45, 2.75) is 30.6 Å². The second kappa shape index (κ2) is 6.91. The van der Waals surface area contributed by atoms with E-state index in [0.717, 1.165) is 25.9 Å². The quantitative estimate of drug-likeness (QED) is 0.831. The number of carbonyl (C=O) groups excluding carboxylic acids is 1. The molecule has 0 radical (unpaired) electrons. The van der Waals surface area contributed by atoms with E-state index in [1.165, 1.54) is 16.4 Å². The lowest BCUT2D eigenvalue weighted by Gasteiger charge is -2.32. The molecule has 1 aromatic rings. The normalized spacial score (nSPS) is 20.0. The average Bonchev–Trinajstić information content (AvgIpc) is 3.16. The van der Waals surface area contributed by atoms with Crippen molar-refractivity contribution in [1.82, 2.24) is 9.21 Å². The van der Waals surface area contributed by atoms with Crippen LogP contribution >= 0.6 is 0 Å². The molecule has 6 nitrogen and oxygen atoms in total. The van der Waals surface area contributed by atoms with Crippen LogP contribution in [0.15, 0.2) is 29.2 Å². The number of nitriles is 1. The summed E-state index contributed by atoms with van der Waals surface area (Å²) >= 11 is 0. The summed E-state index contributed by atoms with van der Waals surface area (Å²) in [6.45, 7) is 2.36. The van der Waals surface area contributed by atoms with Crippen molar-refractivity contribution in [3.8, 4) is 6.07 Å². The molecule has 2 aliphatic rings. The number of hydrogen-bond donors (Lipinski definition) is 0. The second-order valence-corrected chi connectivity index (χ2v) is 8.29. The summed E-state index contributed by atoms with van der Waals surface area (Å²) in [7, 11) is -3.61. The lowest BCUT2D eigenvalue weighted by atomic mass is 9.97. The van der Waals surface area contributed by atoms with E-state index in [-0.39, 0.29) is 16.7 Å². The molecule has 1 aromatic carbocycles. The number of hydrogen-bond acceptors (Lipinski definition) is 4. The molecule has 0 saturated carbocycles. The van der Waals surface area contributed by atoms with E-state index in [1.54, 1.807) is 12.1 Å². The van der Waals surface area contributed by atoms with Crippen molar-refractivity contribution >= 4 is 15.9 Å². The van der Waals surface area contributed by atoms with Crippen molar-refractivity contribution in [3.05, 3.63) is 29.8 Å². The standard InChI is InChI=1S/C17H21N3O3S/c18-13-14-4-3-5-16(12-14)24(22,23)20-10-6-15(7-11-20)17(21)19-8-1-2-9-19/h3-5,12,15H,1-2,6-11H2. The number of benzene rings is 1. The summed E-state index contributed by atoms with van der Waals surface area (Å²) in [5, 5.41) is 8.94. The van der Waals surface area contributed by atoms with Gasteiger partial charge in [0.25, 0.3) is 0 Å². The third kappa shape index (κ3) is 3.30. The molecular weight excluding hydrogens is 326 g/mol. The van der Waals surface area contributed by atoms with Crippen LogP contribution in [0.1, 0.15) is 31.2 Å². The van der Waals surface area contributed by atoms with Crippen LogP contribution in [0.2, 0.25) is 0 Å². The Hall–Kier alpha value is -1.91. The third-order valence-electron chi connectivity index (χ3n) is 4.82. The average molecular weight is 347 g/mol. The minimum atomic E-state index is -3.61. The fourth-order valence-corrected chi connectivity index (χ4v) is 4.93. The molecule has 0 unspecified atom stereocenters. The van der Waals surface area contributed by atoms with Crippen molar-refractivity contribution in [1.29, 1.82) is 5.26 Å². The molecule has 1 amide bonds. The maximum Gasteiger partial charge on any atom is 0.243 e. The lowest BCUT2D eigenvalue weighted by molar-refractivity contribution is -0.135. The van der Waals surface area contributed by atoms with Gasteiger partial charge in [0, 0.05) is 32.1 Å². The Bertz CT molecular complexity index is 756. The van der Waals surface area contributed by atoms with Gasteiger partial charge in [-0.3, -0.25) is 4.79 Å². The molecule has 0 N–H and O–H groups in total. The topological polar surface area (TPSA) is 81.5 Å². The molecule has 2 fully saturated rings. The van der Waals surface area contributed by atoms with Crippen LogP contribution in [-0.2, 0) is 14.8 Å². The summed E-state index contributed by atoms with van der Waals surface area (Å²) in [5.74, 6) is 0.107. The first kappa shape index (κ1) is 16.9. The molecule has 2 aliphatic heterocycles. The molecule has 0 aliphatic carbocycles. The lowest BCUT2D eigenvalue weighted by Crippen LogP contribution is -2.43. The Morgan fingerprint density at radius 1 is 1.12 bits per heavy atom. The van der Waals surface area contributed by atoms with E-state index in [4.69, 9.17) is 5.26 Å². The molecule has 0 atom stereocenters. The highest BCUT2D eigenvalue weighted by molar-refractivity contribution is 7.89. The van der Waals surface area contributed by atoms with Gasteiger partial charge in [0.05, 0.1) is 16.5 Å². The van der Waals surface area contributed by atoms with Crippen LogP contribution in [-0.4, -0.2) is 49.7 Å². The molecule has 24 heavy (non-hydrogen) atoms. The molecule has 128 valence electrons. The van der Waals surface area contributed by atoms with Crippen LogP contribution in [0.4, 0.5) is 0 Å². The van der Waals surface area contributed by atoms with E-state index in [1.807, 2.05) is 11.0 Å². The molecule has 7 heteroatoms. The molecule has 3 rings (SSSR count). The Kier molecular flexibility index (Phi) is 4.88. The van der Waals surface area contributed by atoms with Crippen LogP contribution in [0, 0.1) is 17.2 Å². The highest BCUT2D eigenvalue weighted by Crippen LogP contribution is 2.26. The van der Waals surface area contributed by atoms with Crippen LogP contribution in [0.5, 0.6) is 0 Å². The molecular formula is C17H21N3O3S. The van der Waals surface area contributed by atoms with E-state index < -0.39 is 10.0 Å². The Balaban J connectivity index is 1.67. The van der Waals surface area contributed by atoms with Crippen molar-refractivity contribution in [2.75, 3.05) is 26.2 Å². The number of sulfonamides is 1. The van der Waals surface area contributed by atoms with Gasteiger partial charge in [0.2, 0.25) is 15.9 Å². The first-order valence-corrected chi connectivity index (χ1v) is 9.75. The van der Waals surface area contributed by atoms with Crippen LogP contribution < -0.4 is 0 Å². The fourth-order valence-electron chi connectivity index (χ4n) is 3.41. The summed E-state index contributed by atoms with van der Waals surface area (Å²) in [6.07, 6.45) is 3.25. The number of amides is 1. The first-order valence-electron chi connectivity index (χ1n) is 8.31. The maximum absolute atomic E-state index is 12.7. The summed E-state index contributed by atoms with van der Waals surface area (Å²) < 4.78 is 26.8. The highest BCUT2D eigenvalue weighted by atomic mass is 32.2.